The van der Waals surface area contributed by atoms with Crippen LogP contribution in [0.15, 0.2) is 42.5 Å². The molecule has 0 unspecified atom stereocenters. The molecule has 0 radical (unpaired) electrons. The van der Waals surface area contributed by atoms with Gasteiger partial charge in [0.2, 0.25) is 15.9 Å². The largest absolute Gasteiger partial charge is 0.324 e. The first-order valence-electron chi connectivity index (χ1n) is 8.26. The second-order valence-electron chi connectivity index (χ2n) is 6.25. The summed E-state index contributed by atoms with van der Waals surface area (Å²) in [5.74, 6) is -0.994. The Morgan fingerprint density at radius 2 is 1.85 bits per heavy atom. The number of benzene rings is 2. The lowest BCUT2D eigenvalue weighted by molar-refractivity contribution is -0.117. The SMILES string of the molecule is CC[C@@H](C(=O)Nc1cccc(F)c1)N(c1ccc(C)c(C)c1)S(C)(=O)=O. The minimum absolute atomic E-state index is 0.265. The molecule has 1 N–H and O–H groups in total. The van der Waals surface area contributed by atoms with Crippen molar-refractivity contribution in [3.63, 3.8) is 0 Å². The fraction of sp³-hybridized carbons (Fsp3) is 0.316. The molecule has 0 saturated carbocycles. The van der Waals surface area contributed by atoms with Crippen LogP contribution in [0.2, 0.25) is 0 Å². The summed E-state index contributed by atoms with van der Waals surface area (Å²) >= 11 is 0. The van der Waals surface area contributed by atoms with Crippen molar-refractivity contribution < 1.29 is 17.6 Å². The quantitative estimate of drug-likeness (QED) is 0.835. The third kappa shape index (κ3) is 4.60. The summed E-state index contributed by atoms with van der Waals surface area (Å²) in [6.07, 6.45) is 1.33. The molecule has 0 aliphatic carbocycles. The lowest BCUT2D eigenvalue weighted by Gasteiger charge is -2.30. The van der Waals surface area contributed by atoms with Crippen LogP contribution in [0.1, 0.15) is 24.5 Å². The van der Waals surface area contributed by atoms with Crippen molar-refractivity contribution in [2.24, 2.45) is 0 Å². The number of carbonyl (C=O) groups excluding carboxylic acids is 1. The van der Waals surface area contributed by atoms with E-state index < -0.39 is 27.8 Å². The molecule has 1 amide bonds. The Balaban J connectivity index is 2.40. The summed E-state index contributed by atoms with van der Waals surface area (Å²) in [6, 6.07) is 9.78. The first-order chi connectivity index (χ1) is 12.1. The molecule has 5 nitrogen and oxygen atoms in total. The maximum absolute atomic E-state index is 13.3. The summed E-state index contributed by atoms with van der Waals surface area (Å²) in [5.41, 5.74) is 2.66. The third-order valence-corrected chi connectivity index (χ3v) is 5.35. The molecular formula is C19H23FN2O3S. The maximum atomic E-state index is 13.3. The summed E-state index contributed by atoms with van der Waals surface area (Å²) in [6.45, 7) is 5.54. The first-order valence-corrected chi connectivity index (χ1v) is 10.1. The molecular weight excluding hydrogens is 355 g/mol. The van der Waals surface area contributed by atoms with Crippen LogP contribution in [0.4, 0.5) is 15.8 Å². The monoisotopic (exact) mass is 378 g/mol. The topological polar surface area (TPSA) is 66.5 Å². The van der Waals surface area contributed by atoms with Crippen LogP contribution in [-0.4, -0.2) is 26.6 Å². The van der Waals surface area contributed by atoms with E-state index in [9.17, 15) is 17.6 Å². The molecule has 0 saturated heterocycles. The third-order valence-electron chi connectivity index (χ3n) is 4.17. The number of carbonyl (C=O) groups is 1. The van der Waals surface area contributed by atoms with E-state index in [4.69, 9.17) is 0 Å². The maximum Gasteiger partial charge on any atom is 0.248 e. The van der Waals surface area contributed by atoms with Crippen molar-refractivity contribution in [3.05, 3.63) is 59.4 Å². The average Bonchev–Trinajstić information content (AvgIpc) is 2.54. The van der Waals surface area contributed by atoms with Crippen molar-refractivity contribution in [3.8, 4) is 0 Å². The minimum atomic E-state index is -3.71. The average molecular weight is 378 g/mol. The zero-order valence-electron chi connectivity index (χ0n) is 15.3. The minimum Gasteiger partial charge on any atom is -0.324 e. The zero-order valence-corrected chi connectivity index (χ0v) is 16.1. The second kappa shape index (κ2) is 7.86. The summed E-state index contributed by atoms with van der Waals surface area (Å²) in [5, 5.41) is 2.60. The predicted molar refractivity (Wildman–Crippen MR) is 102 cm³/mol. The van der Waals surface area contributed by atoms with Gasteiger partial charge in [-0.2, -0.15) is 0 Å². The number of hydrogen-bond acceptors (Lipinski definition) is 3. The number of amides is 1. The van der Waals surface area contributed by atoms with E-state index in [0.717, 1.165) is 21.7 Å². The molecule has 0 aliphatic heterocycles. The highest BCUT2D eigenvalue weighted by atomic mass is 32.2. The Kier molecular flexibility index (Phi) is 6.02. The number of aryl methyl sites for hydroxylation is 2. The summed E-state index contributed by atoms with van der Waals surface area (Å²) < 4.78 is 39.3. The van der Waals surface area contributed by atoms with Crippen molar-refractivity contribution in [2.75, 3.05) is 15.9 Å². The molecule has 26 heavy (non-hydrogen) atoms. The van der Waals surface area contributed by atoms with Gasteiger partial charge in [-0.3, -0.25) is 9.10 Å². The van der Waals surface area contributed by atoms with Gasteiger partial charge in [-0.25, -0.2) is 12.8 Å². The lowest BCUT2D eigenvalue weighted by Crippen LogP contribution is -2.47. The smallest absolute Gasteiger partial charge is 0.248 e. The Morgan fingerprint density at radius 1 is 1.15 bits per heavy atom. The number of anilines is 2. The molecule has 2 aromatic rings. The molecule has 140 valence electrons. The van der Waals surface area contributed by atoms with E-state index in [1.165, 1.54) is 18.2 Å². The van der Waals surface area contributed by atoms with Gasteiger partial charge in [-0.15, -0.1) is 0 Å². The normalized spacial score (nSPS) is 12.5. The predicted octanol–water partition coefficient (Wildman–Crippen LogP) is 3.63. The van der Waals surface area contributed by atoms with Gasteiger partial charge in [0, 0.05) is 5.69 Å². The first kappa shape index (κ1) is 19.9. The molecule has 0 bridgehead atoms. The fourth-order valence-electron chi connectivity index (χ4n) is 2.71. The lowest BCUT2D eigenvalue weighted by atomic mass is 10.1. The molecule has 0 fully saturated rings. The van der Waals surface area contributed by atoms with Gasteiger partial charge in [0.15, 0.2) is 0 Å². The highest BCUT2D eigenvalue weighted by molar-refractivity contribution is 7.92. The number of halogens is 1. The molecule has 0 aromatic heterocycles. The van der Waals surface area contributed by atoms with Crippen molar-refractivity contribution in [1.82, 2.24) is 0 Å². The van der Waals surface area contributed by atoms with Gasteiger partial charge >= 0.3 is 0 Å². The van der Waals surface area contributed by atoms with Gasteiger partial charge in [0.1, 0.15) is 11.9 Å². The van der Waals surface area contributed by atoms with Crippen molar-refractivity contribution >= 4 is 27.3 Å². The number of nitrogens with one attached hydrogen (secondary N) is 1. The number of sulfonamides is 1. The molecule has 2 rings (SSSR count). The van der Waals surface area contributed by atoms with Crippen molar-refractivity contribution in [1.29, 1.82) is 0 Å². The number of hydrogen-bond donors (Lipinski definition) is 1. The van der Waals surface area contributed by atoms with Gasteiger partial charge < -0.3 is 5.32 Å². The van der Waals surface area contributed by atoms with E-state index >= 15 is 0 Å². The van der Waals surface area contributed by atoms with E-state index in [1.54, 1.807) is 25.1 Å². The number of rotatable bonds is 6. The fourth-order valence-corrected chi connectivity index (χ4v) is 3.92. The number of nitrogens with zero attached hydrogens (tertiary/aromatic N) is 1. The standard InChI is InChI=1S/C19H23FN2O3S/c1-5-18(19(23)21-16-8-6-7-15(20)12-16)22(26(4,24)25)17-10-9-13(2)14(3)11-17/h6-12,18H,5H2,1-4H3,(H,21,23)/t18-/m0/s1. The van der Waals surface area contributed by atoms with Gasteiger partial charge in [-0.05, 0) is 61.7 Å². The van der Waals surface area contributed by atoms with Gasteiger partial charge in [0.05, 0.1) is 11.9 Å². The van der Waals surface area contributed by atoms with Crippen LogP contribution in [0, 0.1) is 19.7 Å². The molecule has 0 heterocycles. The van der Waals surface area contributed by atoms with Crippen LogP contribution in [0.3, 0.4) is 0 Å². The van der Waals surface area contributed by atoms with Crippen molar-refractivity contribution in [2.45, 2.75) is 33.2 Å². The van der Waals surface area contributed by atoms with E-state index in [-0.39, 0.29) is 12.1 Å². The zero-order chi connectivity index (χ0) is 19.5. The van der Waals surface area contributed by atoms with Crippen LogP contribution >= 0.6 is 0 Å². The van der Waals surface area contributed by atoms with Crippen LogP contribution in [-0.2, 0) is 14.8 Å². The Morgan fingerprint density at radius 3 is 2.38 bits per heavy atom. The Bertz CT molecular complexity index is 913. The highest BCUT2D eigenvalue weighted by Crippen LogP contribution is 2.25. The molecule has 1 atom stereocenters. The molecule has 7 heteroatoms. The summed E-state index contributed by atoms with van der Waals surface area (Å²) in [4.78, 5) is 12.7. The molecule has 2 aromatic carbocycles. The van der Waals surface area contributed by atoms with Gasteiger partial charge in [-0.1, -0.05) is 19.1 Å². The van der Waals surface area contributed by atoms with Gasteiger partial charge in [0.25, 0.3) is 0 Å². The Labute approximate surface area is 153 Å². The molecule has 0 spiro atoms. The van der Waals surface area contributed by atoms with Crippen LogP contribution < -0.4 is 9.62 Å². The Hall–Kier alpha value is -2.41. The van der Waals surface area contributed by atoms with E-state index in [2.05, 4.69) is 5.32 Å². The molecule has 0 aliphatic rings. The van der Waals surface area contributed by atoms with Crippen LogP contribution in [0.25, 0.3) is 0 Å². The van der Waals surface area contributed by atoms with Crippen LogP contribution in [0.5, 0.6) is 0 Å². The van der Waals surface area contributed by atoms with E-state index in [1.807, 2.05) is 19.9 Å². The van der Waals surface area contributed by atoms with E-state index in [0.29, 0.717) is 5.69 Å². The second-order valence-corrected chi connectivity index (χ2v) is 8.11. The summed E-state index contributed by atoms with van der Waals surface area (Å²) in [7, 11) is -3.71. The highest BCUT2D eigenvalue weighted by Gasteiger charge is 2.31.